The highest BCUT2D eigenvalue weighted by Crippen LogP contribution is 2.43. The maximum atomic E-state index is 13.0. The zero-order valence-corrected chi connectivity index (χ0v) is 19.7. The Morgan fingerprint density at radius 2 is 1.82 bits per heavy atom. The number of piperidine rings is 1. The molecule has 1 aliphatic carbocycles. The van der Waals surface area contributed by atoms with Gasteiger partial charge in [0, 0.05) is 31.3 Å². The Kier molecular flexibility index (Phi) is 6.52. The standard InChI is InChI=1S/C22H32N4O6S/c1-2-15-3-5-16(6-4-15)20(29)25-11-8-22(9-12-25)17(14-33(22,31)32)23-19(28)13-26-10-7-18(27)24-21(26)30/h7,10,15-17H,2-6,8-9,11-14H2,1H3,(H,23,28)(H,24,27,30). The lowest BCUT2D eigenvalue weighted by Gasteiger charge is -2.52. The van der Waals surface area contributed by atoms with Crippen LogP contribution >= 0.6 is 0 Å². The summed E-state index contributed by atoms with van der Waals surface area (Å²) in [4.78, 5) is 52.4. The number of sulfone groups is 1. The van der Waals surface area contributed by atoms with Gasteiger partial charge in [-0.1, -0.05) is 13.3 Å². The second kappa shape index (κ2) is 9.08. The number of nitrogens with zero attached hydrogens (tertiary/aromatic N) is 2. The SMILES string of the molecule is CCC1CCC(C(=O)N2CCC3(CC2)C(NC(=O)Cn2ccc(=O)[nH]c2=O)CS3(=O)=O)CC1. The van der Waals surface area contributed by atoms with Crippen molar-refractivity contribution in [3.8, 4) is 0 Å². The third-order valence-electron chi connectivity index (χ3n) is 7.88. The molecule has 1 saturated carbocycles. The van der Waals surface area contributed by atoms with Crippen molar-refractivity contribution in [2.24, 2.45) is 11.8 Å². The van der Waals surface area contributed by atoms with Crippen molar-refractivity contribution in [3.63, 3.8) is 0 Å². The summed E-state index contributed by atoms with van der Waals surface area (Å²) in [6, 6.07) is 0.594. The molecule has 4 rings (SSSR count). The number of nitrogens with one attached hydrogen (secondary N) is 2. The molecule has 2 amide bonds. The number of aromatic nitrogens is 2. The van der Waals surface area contributed by atoms with Crippen LogP contribution < -0.4 is 16.6 Å². The summed E-state index contributed by atoms with van der Waals surface area (Å²) in [5.41, 5.74) is -1.26. The molecule has 1 unspecified atom stereocenters. The van der Waals surface area contributed by atoms with Crippen molar-refractivity contribution in [3.05, 3.63) is 33.1 Å². The number of carbonyl (C=O) groups excluding carboxylic acids is 2. The topological polar surface area (TPSA) is 138 Å². The molecule has 2 saturated heterocycles. The second-order valence-corrected chi connectivity index (χ2v) is 12.0. The van der Waals surface area contributed by atoms with Gasteiger partial charge in [0.05, 0.1) is 16.5 Å². The summed E-state index contributed by atoms with van der Waals surface area (Å²) in [7, 11) is -3.38. The Morgan fingerprint density at radius 3 is 2.39 bits per heavy atom. The Morgan fingerprint density at radius 1 is 1.15 bits per heavy atom. The first-order chi connectivity index (χ1) is 15.6. The van der Waals surface area contributed by atoms with Crippen LogP contribution in [0.2, 0.25) is 0 Å². The van der Waals surface area contributed by atoms with E-state index in [4.69, 9.17) is 0 Å². The summed E-state index contributed by atoms with van der Waals surface area (Å²) in [6.07, 6.45) is 6.93. The summed E-state index contributed by atoms with van der Waals surface area (Å²) < 4.78 is 25.5. The van der Waals surface area contributed by atoms with Crippen LogP contribution in [0.15, 0.2) is 21.9 Å². The first kappa shape index (κ1) is 23.7. The number of rotatable bonds is 5. The van der Waals surface area contributed by atoms with E-state index >= 15 is 0 Å². The highest BCUT2D eigenvalue weighted by atomic mass is 32.2. The molecule has 3 fully saturated rings. The second-order valence-electron chi connectivity index (χ2n) is 9.66. The minimum atomic E-state index is -3.38. The van der Waals surface area contributed by atoms with E-state index in [1.54, 1.807) is 4.90 Å². The van der Waals surface area contributed by atoms with Crippen LogP contribution in [0.5, 0.6) is 0 Å². The van der Waals surface area contributed by atoms with Gasteiger partial charge in [-0.05, 0) is 44.4 Å². The highest BCUT2D eigenvalue weighted by Gasteiger charge is 2.61. The minimum Gasteiger partial charge on any atom is -0.349 e. The number of aromatic amines is 1. The molecule has 1 spiro atoms. The summed E-state index contributed by atoms with van der Waals surface area (Å²) in [6.45, 7) is 2.62. The van der Waals surface area contributed by atoms with Crippen molar-refractivity contribution < 1.29 is 18.0 Å². The number of amides is 2. The van der Waals surface area contributed by atoms with Crippen LogP contribution in [0.1, 0.15) is 51.9 Å². The molecule has 182 valence electrons. The molecule has 1 atom stereocenters. The fourth-order valence-electron chi connectivity index (χ4n) is 5.63. The number of hydrogen-bond donors (Lipinski definition) is 2. The van der Waals surface area contributed by atoms with Crippen molar-refractivity contribution in [2.75, 3.05) is 18.8 Å². The molecule has 33 heavy (non-hydrogen) atoms. The molecule has 0 radical (unpaired) electrons. The lowest BCUT2D eigenvalue weighted by atomic mass is 9.79. The van der Waals surface area contributed by atoms with E-state index in [0.29, 0.717) is 31.8 Å². The molecule has 3 aliphatic rings. The van der Waals surface area contributed by atoms with Crippen LogP contribution in [0.3, 0.4) is 0 Å². The molecule has 2 aliphatic heterocycles. The van der Waals surface area contributed by atoms with Gasteiger partial charge in [0.1, 0.15) is 6.54 Å². The fraction of sp³-hybridized carbons (Fsp3) is 0.727. The van der Waals surface area contributed by atoms with Crippen LogP contribution in [-0.4, -0.2) is 64.3 Å². The molecular weight excluding hydrogens is 448 g/mol. The van der Waals surface area contributed by atoms with Gasteiger partial charge >= 0.3 is 5.69 Å². The van der Waals surface area contributed by atoms with Gasteiger partial charge in [-0.3, -0.25) is 23.9 Å². The lowest BCUT2D eigenvalue weighted by Crippen LogP contribution is -2.72. The summed E-state index contributed by atoms with van der Waals surface area (Å²) in [5, 5.41) is 2.77. The van der Waals surface area contributed by atoms with Crippen molar-refractivity contribution in [1.29, 1.82) is 0 Å². The largest absolute Gasteiger partial charge is 0.349 e. The molecule has 10 nitrogen and oxygen atoms in total. The van der Waals surface area contributed by atoms with E-state index < -0.39 is 37.8 Å². The molecular formula is C22H32N4O6S. The zero-order valence-electron chi connectivity index (χ0n) is 18.9. The van der Waals surface area contributed by atoms with Gasteiger partial charge < -0.3 is 10.2 Å². The lowest BCUT2D eigenvalue weighted by molar-refractivity contribution is -0.138. The van der Waals surface area contributed by atoms with Gasteiger partial charge in [0.25, 0.3) is 5.56 Å². The van der Waals surface area contributed by atoms with Gasteiger partial charge in [-0.2, -0.15) is 0 Å². The average molecular weight is 481 g/mol. The van der Waals surface area contributed by atoms with Crippen LogP contribution in [0, 0.1) is 11.8 Å². The van der Waals surface area contributed by atoms with E-state index in [9.17, 15) is 27.6 Å². The van der Waals surface area contributed by atoms with E-state index in [2.05, 4.69) is 17.2 Å². The normalized spacial score (nSPS) is 28.2. The molecule has 1 aromatic rings. The van der Waals surface area contributed by atoms with Crippen molar-refractivity contribution >= 4 is 21.7 Å². The van der Waals surface area contributed by atoms with Crippen molar-refractivity contribution in [2.45, 2.75) is 69.2 Å². The van der Waals surface area contributed by atoms with Crippen molar-refractivity contribution in [1.82, 2.24) is 19.8 Å². The maximum Gasteiger partial charge on any atom is 0.328 e. The maximum absolute atomic E-state index is 13.0. The van der Waals surface area contributed by atoms with E-state index in [0.717, 1.165) is 42.7 Å². The number of likely N-dealkylation sites (tertiary alicyclic amines) is 1. The first-order valence-corrected chi connectivity index (χ1v) is 13.4. The molecule has 0 aromatic carbocycles. The number of H-pyrrole nitrogens is 1. The third kappa shape index (κ3) is 4.51. The average Bonchev–Trinajstić information content (AvgIpc) is 2.80. The Labute approximate surface area is 192 Å². The van der Waals surface area contributed by atoms with Gasteiger partial charge in [0.2, 0.25) is 11.8 Å². The fourth-order valence-corrected chi connectivity index (χ4v) is 7.89. The summed E-state index contributed by atoms with van der Waals surface area (Å²) in [5.74, 6) is 0.235. The van der Waals surface area contributed by atoms with Crippen LogP contribution in [-0.2, 0) is 26.0 Å². The van der Waals surface area contributed by atoms with Gasteiger partial charge in [0.15, 0.2) is 9.84 Å². The number of hydrogen-bond acceptors (Lipinski definition) is 6. The smallest absolute Gasteiger partial charge is 0.328 e. The predicted octanol–water partition coefficient (Wildman–Crippen LogP) is 0.0274. The van der Waals surface area contributed by atoms with E-state index in [1.807, 2.05) is 0 Å². The molecule has 2 N–H and O–H groups in total. The first-order valence-electron chi connectivity index (χ1n) is 11.8. The van der Waals surface area contributed by atoms with Crippen LogP contribution in [0.4, 0.5) is 0 Å². The monoisotopic (exact) mass is 480 g/mol. The number of carbonyl (C=O) groups is 2. The minimum absolute atomic E-state index is 0.0333. The van der Waals surface area contributed by atoms with Crippen LogP contribution in [0.25, 0.3) is 0 Å². The van der Waals surface area contributed by atoms with E-state index in [1.165, 1.54) is 6.20 Å². The third-order valence-corrected chi connectivity index (χ3v) is 10.6. The Bertz CT molecular complexity index is 1120. The predicted molar refractivity (Wildman–Crippen MR) is 121 cm³/mol. The Balaban J connectivity index is 1.36. The Hall–Kier alpha value is -2.43. The van der Waals surface area contributed by atoms with E-state index in [-0.39, 0.29) is 24.1 Å². The quantitative estimate of drug-likeness (QED) is 0.610. The van der Waals surface area contributed by atoms with Gasteiger partial charge in [-0.25, -0.2) is 13.2 Å². The molecule has 1 aromatic heterocycles. The highest BCUT2D eigenvalue weighted by molar-refractivity contribution is 7.94. The molecule has 0 bridgehead atoms. The van der Waals surface area contributed by atoms with Gasteiger partial charge in [-0.15, -0.1) is 0 Å². The molecule has 3 heterocycles. The summed E-state index contributed by atoms with van der Waals surface area (Å²) >= 11 is 0. The molecule has 11 heteroatoms. The zero-order chi connectivity index (χ0) is 23.8.